The molecule has 1 aliphatic heterocycles. The SMILES string of the molecule is C/C=C/C=C/C(=O)N1CCC(n2cccn2)CC1. The molecule has 1 aromatic heterocycles. The van der Waals surface area contributed by atoms with Crippen LogP contribution in [0.25, 0.3) is 0 Å². The van der Waals surface area contributed by atoms with Gasteiger partial charge in [0.15, 0.2) is 0 Å². The van der Waals surface area contributed by atoms with Crippen LogP contribution in [-0.4, -0.2) is 33.7 Å². The van der Waals surface area contributed by atoms with Gasteiger partial charge in [-0.2, -0.15) is 5.10 Å². The topological polar surface area (TPSA) is 38.1 Å². The molecule has 0 saturated carbocycles. The van der Waals surface area contributed by atoms with Gasteiger partial charge < -0.3 is 4.90 Å². The molecule has 96 valence electrons. The molecular weight excluding hydrogens is 226 g/mol. The Balaban J connectivity index is 1.85. The third kappa shape index (κ3) is 3.09. The number of allylic oxidation sites excluding steroid dienone is 3. The van der Waals surface area contributed by atoms with Crippen LogP contribution < -0.4 is 0 Å². The molecule has 18 heavy (non-hydrogen) atoms. The summed E-state index contributed by atoms with van der Waals surface area (Å²) in [6.45, 7) is 3.55. The first-order valence-electron chi connectivity index (χ1n) is 6.38. The van der Waals surface area contributed by atoms with Crippen LogP contribution in [0.1, 0.15) is 25.8 Å². The summed E-state index contributed by atoms with van der Waals surface area (Å²) in [5.41, 5.74) is 0. The van der Waals surface area contributed by atoms with Crippen molar-refractivity contribution in [3.05, 3.63) is 42.8 Å². The van der Waals surface area contributed by atoms with Gasteiger partial charge in [-0.15, -0.1) is 0 Å². The Morgan fingerprint density at radius 1 is 1.33 bits per heavy atom. The number of carbonyl (C=O) groups is 1. The van der Waals surface area contributed by atoms with Gasteiger partial charge in [-0.3, -0.25) is 9.48 Å². The summed E-state index contributed by atoms with van der Waals surface area (Å²) in [4.78, 5) is 13.8. The van der Waals surface area contributed by atoms with Gasteiger partial charge in [0.2, 0.25) is 5.91 Å². The van der Waals surface area contributed by atoms with Crippen LogP contribution in [0.5, 0.6) is 0 Å². The predicted octanol–water partition coefficient (Wildman–Crippen LogP) is 2.18. The van der Waals surface area contributed by atoms with Gasteiger partial charge in [-0.1, -0.05) is 18.2 Å². The Morgan fingerprint density at radius 2 is 2.11 bits per heavy atom. The largest absolute Gasteiger partial charge is 0.339 e. The van der Waals surface area contributed by atoms with E-state index in [2.05, 4.69) is 5.10 Å². The minimum Gasteiger partial charge on any atom is -0.339 e. The third-order valence-electron chi connectivity index (χ3n) is 3.22. The van der Waals surface area contributed by atoms with Crippen molar-refractivity contribution in [1.82, 2.24) is 14.7 Å². The van der Waals surface area contributed by atoms with E-state index in [9.17, 15) is 4.79 Å². The molecule has 1 saturated heterocycles. The van der Waals surface area contributed by atoms with Gasteiger partial charge in [0.25, 0.3) is 0 Å². The molecule has 0 atom stereocenters. The number of piperidine rings is 1. The Morgan fingerprint density at radius 3 is 2.72 bits per heavy atom. The Hall–Kier alpha value is -1.84. The molecule has 0 spiro atoms. The highest BCUT2D eigenvalue weighted by molar-refractivity contribution is 5.87. The molecule has 2 rings (SSSR count). The van der Waals surface area contributed by atoms with Crippen molar-refractivity contribution in [3.63, 3.8) is 0 Å². The molecule has 4 heteroatoms. The van der Waals surface area contributed by atoms with Gasteiger partial charge in [-0.25, -0.2) is 0 Å². The minimum atomic E-state index is 0.104. The first-order valence-corrected chi connectivity index (χ1v) is 6.38. The van der Waals surface area contributed by atoms with E-state index in [1.54, 1.807) is 18.3 Å². The number of carbonyl (C=O) groups excluding carboxylic acids is 1. The lowest BCUT2D eigenvalue weighted by Crippen LogP contribution is -2.38. The molecule has 1 amide bonds. The fourth-order valence-corrected chi connectivity index (χ4v) is 2.20. The van der Waals surface area contributed by atoms with Crippen molar-refractivity contribution >= 4 is 5.91 Å². The van der Waals surface area contributed by atoms with Crippen LogP contribution in [0.3, 0.4) is 0 Å². The second kappa shape index (κ2) is 6.19. The maximum Gasteiger partial charge on any atom is 0.246 e. The molecule has 0 radical (unpaired) electrons. The first-order chi connectivity index (χ1) is 8.81. The fourth-order valence-electron chi connectivity index (χ4n) is 2.20. The fraction of sp³-hybridized carbons (Fsp3) is 0.429. The van der Waals surface area contributed by atoms with E-state index in [0.717, 1.165) is 25.9 Å². The van der Waals surface area contributed by atoms with Gasteiger partial charge >= 0.3 is 0 Å². The lowest BCUT2D eigenvalue weighted by Gasteiger charge is -2.31. The molecule has 0 aliphatic carbocycles. The number of rotatable bonds is 3. The Bertz CT molecular complexity index is 426. The molecular formula is C14H19N3O. The highest BCUT2D eigenvalue weighted by Crippen LogP contribution is 2.21. The van der Waals surface area contributed by atoms with E-state index in [1.165, 1.54) is 0 Å². The van der Waals surface area contributed by atoms with Crippen LogP contribution in [0.2, 0.25) is 0 Å². The van der Waals surface area contributed by atoms with E-state index in [0.29, 0.717) is 6.04 Å². The van der Waals surface area contributed by atoms with Crippen LogP contribution in [-0.2, 0) is 4.79 Å². The quantitative estimate of drug-likeness (QED) is 0.604. The Kier molecular flexibility index (Phi) is 4.34. The molecule has 1 fully saturated rings. The normalized spacial score (nSPS) is 17.9. The van der Waals surface area contributed by atoms with Gasteiger partial charge in [-0.05, 0) is 25.8 Å². The predicted molar refractivity (Wildman–Crippen MR) is 71.0 cm³/mol. The number of hydrogen-bond acceptors (Lipinski definition) is 2. The van der Waals surface area contributed by atoms with Crippen LogP contribution >= 0.6 is 0 Å². The Labute approximate surface area is 108 Å². The van der Waals surface area contributed by atoms with Gasteiger partial charge in [0.1, 0.15) is 0 Å². The summed E-state index contributed by atoms with van der Waals surface area (Å²) in [6, 6.07) is 2.38. The smallest absolute Gasteiger partial charge is 0.246 e. The molecule has 2 heterocycles. The molecule has 0 bridgehead atoms. The summed E-state index contributed by atoms with van der Waals surface area (Å²) in [6.07, 6.45) is 13.0. The zero-order valence-corrected chi connectivity index (χ0v) is 10.7. The molecule has 0 N–H and O–H groups in total. The molecule has 1 aromatic rings. The minimum absolute atomic E-state index is 0.104. The van der Waals surface area contributed by atoms with Crippen LogP contribution in [0.4, 0.5) is 0 Å². The van der Waals surface area contributed by atoms with Crippen LogP contribution in [0, 0.1) is 0 Å². The van der Waals surface area contributed by atoms with E-state index in [-0.39, 0.29) is 5.91 Å². The summed E-state index contributed by atoms with van der Waals surface area (Å²) in [7, 11) is 0. The average Bonchev–Trinajstić information content (AvgIpc) is 2.93. The zero-order chi connectivity index (χ0) is 12.8. The second-order valence-corrected chi connectivity index (χ2v) is 4.43. The van der Waals surface area contributed by atoms with Crippen molar-refractivity contribution < 1.29 is 4.79 Å². The van der Waals surface area contributed by atoms with Crippen LogP contribution in [0.15, 0.2) is 42.8 Å². The monoisotopic (exact) mass is 245 g/mol. The van der Waals surface area contributed by atoms with Crippen molar-refractivity contribution in [1.29, 1.82) is 0 Å². The molecule has 0 aromatic carbocycles. The molecule has 4 nitrogen and oxygen atoms in total. The van der Waals surface area contributed by atoms with E-state index >= 15 is 0 Å². The number of hydrogen-bond donors (Lipinski definition) is 0. The highest BCUT2D eigenvalue weighted by Gasteiger charge is 2.22. The number of amides is 1. The van der Waals surface area contributed by atoms with Crippen molar-refractivity contribution in [2.75, 3.05) is 13.1 Å². The number of likely N-dealkylation sites (tertiary alicyclic amines) is 1. The standard InChI is InChI=1S/C14H19N3O/c1-2-3-4-6-14(18)16-11-7-13(8-12-16)17-10-5-9-15-17/h2-6,9-10,13H,7-8,11-12H2,1H3/b3-2+,6-4+. The van der Waals surface area contributed by atoms with Gasteiger partial charge in [0, 0.05) is 31.6 Å². The third-order valence-corrected chi connectivity index (χ3v) is 3.22. The molecule has 1 aliphatic rings. The van der Waals surface area contributed by atoms with E-state index in [4.69, 9.17) is 0 Å². The summed E-state index contributed by atoms with van der Waals surface area (Å²) in [5.74, 6) is 0.104. The lowest BCUT2D eigenvalue weighted by atomic mass is 10.1. The lowest BCUT2D eigenvalue weighted by molar-refractivity contribution is -0.127. The van der Waals surface area contributed by atoms with E-state index in [1.807, 2.05) is 40.9 Å². The first kappa shape index (κ1) is 12.6. The summed E-state index contributed by atoms with van der Waals surface area (Å²) < 4.78 is 2.00. The number of nitrogens with zero attached hydrogens (tertiary/aromatic N) is 3. The zero-order valence-electron chi connectivity index (χ0n) is 10.7. The maximum atomic E-state index is 11.8. The van der Waals surface area contributed by atoms with Crippen molar-refractivity contribution in [2.24, 2.45) is 0 Å². The highest BCUT2D eigenvalue weighted by atomic mass is 16.2. The average molecular weight is 245 g/mol. The number of aromatic nitrogens is 2. The van der Waals surface area contributed by atoms with E-state index < -0.39 is 0 Å². The molecule has 0 unspecified atom stereocenters. The summed E-state index contributed by atoms with van der Waals surface area (Å²) >= 11 is 0. The maximum absolute atomic E-state index is 11.8. The summed E-state index contributed by atoms with van der Waals surface area (Å²) in [5, 5.41) is 4.26. The van der Waals surface area contributed by atoms with Crippen molar-refractivity contribution in [3.8, 4) is 0 Å². The second-order valence-electron chi connectivity index (χ2n) is 4.43. The van der Waals surface area contributed by atoms with Gasteiger partial charge in [0.05, 0.1) is 6.04 Å². The van der Waals surface area contributed by atoms with Crippen molar-refractivity contribution in [2.45, 2.75) is 25.8 Å².